The molecule has 2 aromatic heterocycles. The molecular weight excluding hydrogens is 415 g/mol. The summed E-state index contributed by atoms with van der Waals surface area (Å²) in [7, 11) is -3.45. The second kappa shape index (κ2) is 8.27. The van der Waals surface area contributed by atoms with E-state index in [9.17, 15) is 12.8 Å². The number of aromatic nitrogens is 4. The Bertz CT molecular complexity index is 1090. The molecule has 0 amide bonds. The van der Waals surface area contributed by atoms with Crippen molar-refractivity contribution in [2.75, 3.05) is 26.2 Å². The molecule has 1 aromatic carbocycles. The van der Waals surface area contributed by atoms with Crippen LogP contribution in [0.15, 0.2) is 40.6 Å². The molecule has 3 heterocycles. The average Bonchev–Trinajstić information content (AvgIpc) is 3.38. The minimum Gasteiger partial charge on any atom is -0.293 e. The molecule has 154 valence electrons. The Morgan fingerprint density at radius 1 is 1.14 bits per heavy atom. The molecule has 0 atom stereocenters. The van der Waals surface area contributed by atoms with Gasteiger partial charge in [-0.1, -0.05) is 13.0 Å². The first-order chi connectivity index (χ1) is 14.0. The number of benzene rings is 1. The summed E-state index contributed by atoms with van der Waals surface area (Å²) >= 11 is 1.34. The van der Waals surface area contributed by atoms with Crippen LogP contribution in [0.5, 0.6) is 0 Å². The Labute approximate surface area is 172 Å². The van der Waals surface area contributed by atoms with Crippen molar-refractivity contribution in [3.8, 4) is 5.69 Å². The van der Waals surface area contributed by atoms with E-state index in [2.05, 4.69) is 20.4 Å². The van der Waals surface area contributed by atoms with Crippen molar-refractivity contribution >= 4 is 21.4 Å². The van der Waals surface area contributed by atoms with Gasteiger partial charge in [0, 0.05) is 31.1 Å². The van der Waals surface area contributed by atoms with E-state index in [4.69, 9.17) is 0 Å². The van der Waals surface area contributed by atoms with Gasteiger partial charge in [-0.2, -0.15) is 8.99 Å². The Hall–Kier alpha value is -2.21. The van der Waals surface area contributed by atoms with E-state index in [1.165, 1.54) is 32.5 Å². The van der Waals surface area contributed by atoms with Crippen LogP contribution in [0.25, 0.3) is 5.69 Å². The van der Waals surface area contributed by atoms with Crippen LogP contribution in [0.2, 0.25) is 0 Å². The van der Waals surface area contributed by atoms with Crippen molar-refractivity contribution in [3.63, 3.8) is 0 Å². The SMILES string of the molecule is CCc1ccc(S(=O)(=O)N2CCN(Cc3nnnn3-c3cccc(F)c3)CC2)s1. The first-order valence-electron chi connectivity index (χ1n) is 9.32. The van der Waals surface area contributed by atoms with Crippen molar-refractivity contribution in [2.45, 2.75) is 24.1 Å². The zero-order chi connectivity index (χ0) is 20.4. The van der Waals surface area contributed by atoms with Crippen LogP contribution in [0.4, 0.5) is 4.39 Å². The first kappa shape index (κ1) is 20.1. The van der Waals surface area contributed by atoms with Gasteiger partial charge in [0.15, 0.2) is 5.82 Å². The number of rotatable bonds is 6. The number of sulfonamides is 1. The highest BCUT2D eigenvalue weighted by molar-refractivity contribution is 7.91. The van der Waals surface area contributed by atoms with Crippen molar-refractivity contribution in [1.29, 1.82) is 0 Å². The molecule has 0 radical (unpaired) electrons. The van der Waals surface area contributed by atoms with E-state index in [1.54, 1.807) is 18.2 Å². The van der Waals surface area contributed by atoms with E-state index < -0.39 is 10.0 Å². The van der Waals surface area contributed by atoms with Crippen molar-refractivity contribution in [3.05, 3.63) is 52.9 Å². The van der Waals surface area contributed by atoms with Crippen LogP contribution in [-0.2, 0) is 23.0 Å². The van der Waals surface area contributed by atoms with Crippen LogP contribution >= 0.6 is 11.3 Å². The lowest BCUT2D eigenvalue weighted by Gasteiger charge is -2.33. The lowest BCUT2D eigenvalue weighted by Crippen LogP contribution is -2.48. The maximum atomic E-state index is 13.5. The molecule has 0 bridgehead atoms. The molecule has 29 heavy (non-hydrogen) atoms. The number of hydrogen-bond acceptors (Lipinski definition) is 7. The molecule has 8 nitrogen and oxygen atoms in total. The summed E-state index contributed by atoms with van der Waals surface area (Å²) < 4.78 is 42.7. The van der Waals surface area contributed by atoms with Crippen LogP contribution in [0.1, 0.15) is 17.6 Å². The monoisotopic (exact) mass is 436 g/mol. The summed E-state index contributed by atoms with van der Waals surface area (Å²) in [5.74, 6) is 0.223. The highest BCUT2D eigenvalue weighted by Gasteiger charge is 2.30. The molecule has 0 unspecified atom stereocenters. The summed E-state index contributed by atoms with van der Waals surface area (Å²) in [5, 5.41) is 11.7. The summed E-state index contributed by atoms with van der Waals surface area (Å²) in [6, 6.07) is 9.64. The van der Waals surface area contributed by atoms with Crippen LogP contribution < -0.4 is 0 Å². The fourth-order valence-corrected chi connectivity index (χ4v) is 6.13. The van der Waals surface area contributed by atoms with E-state index in [0.29, 0.717) is 48.4 Å². The van der Waals surface area contributed by atoms with Gasteiger partial charge in [0.2, 0.25) is 0 Å². The minimum atomic E-state index is -3.45. The van der Waals surface area contributed by atoms with Gasteiger partial charge in [-0.05, 0) is 47.2 Å². The lowest BCUT2D eigenvalue weighted by atomic mass is 10.3. The molecule has 1 aliphatic heterocycles. The third kappa shape index (κ3) is 4.22. The van der Waals surface area contributed by atoms with Gasteiger partial charge in [0.25, 0.3) is 10.0 Å². The van der Waals surface area contributed by atoms with Gasteiger partial charge in [-0.15, -0.1) is 16.4 Å². The topological polar surface area (TPSA) is 84.2 Å². The number of thiophene rings is 1. The molecule has 1 fully saturated rings. The highest BCUT2D eigenvalue weighted by Crippen LogP contribution is 2.26. The number of halogens is 1. The predicted octanol–water partition coefficient (Wildman–Crippen LogP) is 1.93. The number of nitrogens with zero attached hydrogens (tertiary/aromatic N) is 6. The molecular formula is C18H21FN6O2S2. The normalized spacial score (nSPS) is 16.3. The number of piperazine rings is 1. The Morgan fingerprint density at radius 3 is 2.62 bits per heavy atom. The summed E-state index contributed by atoms with van der Waals surface area (Å²) in [6.45, 7) is 4.42. The van der Waals surface area contributed by atoms with E-state index in [0.717, 1.165) is 11.3 Å². The fraction of sp³-hybridized carbons (Fsp3) is 0.389. The fourth-order valence-electron chi connectivity index (χ4n) is 3.25. The maximum absolute atomic E-state index is 13.5. The van der Waals surface area contributed by atoms with Gasteiger partial charge >= 0.3 is 0 Å². The molecule has 0 saturated carbocycles. The molecule has 0 N–H and O–H groups in total. The van der Waals surface area contributed by atoms with Crippen molar-refractivity contribution in [2.24, 2.45) is 0 Å². The molecule has 4 rings (SSSR count). The minimum absolute atomic E-state index is 0.359. The predicted molar refractivity (Wildman–Crippen MR) is 107 cm³/mol. The van der Waals surface area contributed by atoms with Crippen LogP contribution in [0.3, 0.4) is 0 Å². The first-order valence-corrected chi connectivity index (χ1v) is 11.6. The summed E-state index contributed by atoms with van der Waals surface area (Å²) in [5.41, 5.74) is 0.552. The smallest absolute Gasteiger partial charge is 0.252 e. The van der Waals surface area contributed by atoms with E-state index in [1.807, 2.05) is 13.0 Å². The number of hydrogen-bond donors (Lipinski definition) is 0. The largest absolute Gasteiger partial charge is 0.293 e. The summed E-state index contributed by atoms with van der Waals surface area (Å²) in [4.78, 5) is 3.16. The van der Waals surface area contributed by atoms with Gasteiger partial charge in [-0.25, -0.2) is 12.8 Å². The Kier molecular flexibility index (Phi) is 5.72. The molecule has 0 spiro atoms. The van der Waals surface area contributed by atoms with Crippen molar-refractivity contribution in [1.82, 2.24) is 29.4 Å². The second-order valence-corrected chi connectivity index (χ2v) is 10.1. The molecule has 3 aromatic rings. The number of aryl methyl sites for hydroxylation is 1. The van der Waals surface area contributed by atoms with Gasteiger partial charge < -0.3 is 0 Å². The number of tetrazole rings is 1. The van der Waals surface area contributed by atoms with Gasteiger partial charge in [0.05, 0.1) is 12.2 Å². The van der Waals surface area contributed by atoms with Gasteiger partial charge in [-0.3, -0.25) is 4.90 Å². The molecule has 0 aliphatic carbocycles. The molecule has 1 saturated heterocycles. The van der Waals surface area contributed by atoms with Crippen LogP contribution in [0, 0.1) is 5.82 Å². The zero-order valence-electron chi connectivity index (χ0n) is 15.9. The zero-order valence-corrected chi connectivity index (χ0v) is 17.5. The third-order valence-corrected chi connectivity index (χ3v) is 8.46. The Morgan fingerprint density at radius 2 is 1.93 bits per heavy atom. The standard InChI is InChI=1S/C18H21FN6O2S2/c1-2-16-6-7-18(28-16)29(26,27)24-10-8-23(9-11-24)13-17-20-21-22-25(17)15-5-3-4-14(19)12-15/h3-7,12H,2,8-11,13H2,1H3. The molecule has 1 aliphatic rings. The van der Waals surface area contributed by atoms with E-state index in [-0.39, 0.29) is 5.82 Å². The highest BCUT2D eigenvalue weighted by atomic mass is 32.2. The Balaban J connectivity index is 1.42. The van der Waals surface area contributed by atoms with E-state index >= 15 is 0 Å². The lowest BCUT2D eigenvalue weighted by molar-refractivity contribution is 0.177. The quantitative estimate of drug-likeness (QED) is 0.587. The van der Waals surface area contributed by atoms with Crippen LogP contribution in [-0.4, -0.2) is 64.0 Å². The van der Waals surface area contributed by atoms with Gasteiger partial charge in [0.1, 0.15) is 10.0 Å². The second-order valence-electron chi connectivity index (χ2n) is 6.74. The van der Waals surface area contributed by atoms with Crippen molar-refractivity contribution < 1.29 is 12.8 Å². The molecule has 11 heteroatoms. The third-order valence-electron chi connectivity index (χ3n) is 4.86. The average molecular weight is 437 g/mol. The maximum Gasteiger partial charge on any atom is 0.252 e. The summed E-state index contributed by atoms with van der Waals surface area (Å²) in [6.07, 6.45) is 0.827.